The van der Waals surface area contributed by atoms with Gasteiger partial charge in [0.25, 0.3) is 0 Å². The molecule has 0 amide bonds. The summed E-state index contributed by atoms with van der Waals surface area (Å²) >= 11 is 0. The van der Waals surface area contributed by atoms with Crippen LogP contribution in [0.2, 0.25) is 0 Å². The molecule has 0 N–H and O–H groups in total. The van der Waals surface area contributed by atoms with Gasteiger partial charge in [-0.25, -0.2) is 4.39 Å². The van der Waals surface area contributed by atoms with E-state index in [1.807, 2.05) is 13.0 Å². The van der Waals surface area contributed by atoms with Crippen LogP contribution in [-0.2, 0) is 6.42 Å². The lowest BCUT2D eigenvalue weighted by Crippen LogP contribution is -2.12. The van der Waals surface area contributed by atoms with Crippen LogP contribution in [0.4, 0.5) is 4.39 Å². The Hall–Kier alpha value is -1.90. The van der Waals surface area contributed by atoms with Crippen molar-refractivity contribution in [2.45, 2.75) is 26.2 Å². The Morgan fingerprint density at radius 3 is 2.83 bits per heavy atom. The summed E-state index contributed by atoms with van der Waals surface area (Å²) in [6.07, 6.45) is 4.08. The van der Waals surface area contributed by atoms with E-state index >= 15 is 0 Å². The number of aromatic nitrogens is 1. The number of nitrogens with zero attached hydrogens (tertiary/aromatic N) is 1. The summed E-state index contributed by atoms with van der Waals surface area (Å²) in [6.45, 7) is 1.86. The third kappa shape index (κ3) is 1.67. The van der Waals surface area contributed by atoms with Crippen LogP contribution in [0, 0.1) is 12.7 Å². The number of halogens is 1. The molecular formula is C15H14FNO. The lowest BCUT2D eigenvalue weighted by Gasteiger charge is -2.15. The van der Waals surface area contributed by atoms with Gasteiger partial charge in [-0.15, -0.1) is 0 Å². The number of hydrogen-bond acceptors (Lipinski definition) is 1. The smallest absolute Gasteiger partial charge is 0.164 e. The van der Waals surface area contributed by atoms with E-state index in [0.717, 1.165) is 29.7 Å². The van der Waals surface area contributed by atoms with Gasteiger partial charge in [0.05, 0.1) is 5.69 Å². The maximum atomic E-state index is 14.0. The van der Waals surface area contributed by atoms with Gasteiger partial charge in [0, 0.05) is 23.9 Å². The second-order valence-electron chi connectivity index (χ2n) is 4.78. The van der Waals surface area contributed by atoms with E-state index in [1.165, 1.54) is 6.07 Å². The number of carbonyl (C=O) groups is 1. The number of carbonyl (C=O) groups excluding carboxylic acids is 1. The Labute approximate surface area is 105 Å². The first-order valence-corrected chi connectivity index (χ1v) is 6.17. The highest BCUT2D eigenvalue weighted by Crippen LogP contribution is 2.26. The molecule has 3 rings (SSSR count). The molecule has 0 radical (unpaired) electrons. The fraction of sp³-hybridized carbons (Fsp3) is 0.267. The molecule has 0 fully saturated rings. The molecule has 0 saturated heterocycles. The molecule has 2 nitrogen and oxygen atoms in total. The minimum Gasteiger partial charge on any atom is -0.318 e. The first-order chi connectivity index (χ1) is 8.66. The van der Waals surface area contributed by atoms with Crippen LogP contribution in [0.1, 0.15) is 34.5 Å². The molecule has 1 heterocycles. The minimum absolute atomic E-state index is 0.169. The third-order valence-electron chi connectivity index (χ3n) is 3.47. The zero-order valence-electron chi connectivity index (χ0n) is 10.2. The van der Waals surface area contributed by atoms with E-state index < -0.39 is 0 Å². The molecule has 0 aliphatic heterocycles. The molecule has 1 aliphatic carbocycles. The lowest BCUT2D eigenvalue weighted by molar-refractivity contribution is 0.0972. The summed E-state index contributed by atoms with van der Waals surface area (Å²) in [6, 6.07) is 6.97. The predicted molar refractivity (Wildman–Crippen MR) is 67.7 cm³/mol. The van der Waals surface area contributed by atoms with E-state index in [-0.39, 0.29) is 11.6 Å². The zero-order chi connectivity index (χ0) is 12.7. The number of Topliss-reactive ketones (excluding diaryl/α,β-unsaturated/α-hetero) is 1. The summed E-state index contributed by atoms with van der Waals surface area (Å²) in [4.78, 5) is 11.8. The van der Waals surface area contributed by atoms with Crippen molar-refractivity contribution in [2.75, 3.05) is 0 Å². The fourth-order valence-electron chi connectivity index (χ4n) is 2.56. The van der Waals surface area contributed by atoms with Crippen molar-refractivity contribution in [2.24, 2.45) is 0 Å². The van der Waals surface area contributed by atoms with Crippen LogP contribution in [0.5, 0.6) is 0 Å². The van der Waals surface area contributed by atoms with Crippen molar-refractivity contribution in [1.82, 2.24) is 4.57 Å². The van der Waals surface area contributed by atoms with Gasteiger partial charge in [0.2, 0.25) is 0 Å². The van der Waals surface area contributed by atoms with Crippen molar-refractivity contribution < 1.29 is 9.18 Å². The Kier molecular flexibility index (Phi) is 2.54. The Balaban J connectivity index is 2.15. The average Bonchev–Trinajstić information content (AvgIpc) is 2.74. The van der Waals surface area contributed by atoms with Crippen LogP contribution >= 0.6 is 0 Å². The second-order valence-corrected chi connectivity index (χ2v) is 4.78. The predicted octanol–water partition coefficient (Wildman–Crippen LogP) is 3.44. The molecule has 1 aromatic carbocycles. The molecule has 18 heavy (non-hydrogen) atoms. The molecule has 0 spiro atoms. The molecule has 2 aromatic rings. The highest BCUT2D eigenvalue weighted by molar-refractivity contribution is 5.98. The Bertz CT molecular complexity index is 627. The SMILES string of the molecule is Cc1ccc(-n2ccc3c2CCCC3=O)c(F)c1. The molecular weight excluding hydrogens is 229 g/mol. The van der Waals surface area contributed by atoms with E-state index in [2.05, 4.69) is 0 Å². The molecule has 1 aliphatic rings. The molecule has 0 atom stereocenters. The van der Waals surface area contributed by atoms with Gasteiger partial charge in [-0.05, 0) is 43.5 Å². The monoisotopic (exact) mass is 243 g/mol. The van der Waals surface area contributed by atoms with Crippen LogP contribution in [-0.4, -0.2) is 10.4 Å². The minimum atomic E-state index is -0.244. The van der Waals surface area contributed by atoms with E-state index in [9.17, 15) is 9.18 Å². The van der Waals surface area contributed by atoms with Crippen LogP contribution in [0.3, 0.4) is 0 Å². The molecule has 1 aromatic heterocycles. The first-order valence-electron chi connectivity index (χ1n) is 6.17. The average molecular weight is 243 g/mol. The van der Waals surface area contributed by atoms with Crippen molar-refractivity contribution in [3.05, 3.63) is 53.1 Å². The topological polar surface area (TPSA) is 22.0 Å². The molecule has 3 heteroatoms. The number of benzene rings is 1. The van der Waals surface area contributed by atoms with Crippen molar-refractivity contribution >= 4 is 5.78 Å². The summed E-state index contributed by atoms with van der Waals surface area (Å²) in [7, 11) is 0. The Morgan fingerprint density at radius 2 is 2.06 bits per heavy atom. The quantitative estimate of drug-likeness (QED) is 0.752. The highest BCUT2D eigenvalue weighted by Gasteiger charge is 2.21. The van der Waals surface area contributed by atoms with E-state index in [1.54, 1.807) is 22.9 Å². The van der Waals surface area contributed by atoms with Gasteiger partial charge < -0.3 is 4.57 Å². The van der Waals surface area contributed by atoms with Crippen LogP contribution < -0.4 is 0 Å². The normalized spacial score (nSPS) is 14.7. The summed E-state index contributed by atoms with van der Waals surface area (Å²) in [5, 5.41) is 0. The molecule has 92 valence electrons. The maximum Gasteiger partial charge on any atom is 0.164 e. The number of fused-ring (bicyclic) bond motifs is 1. The number of aryl methyl sites for hydroxylation is 1. The van der Waals surface area contributed by atoms with Gasteiger partial charge in [0.1, 0.15) is 5.82 Å². The second kappa shape index (κ2) is 4.09. The van der Waals surface area contributed by atoms with Crippen molar-refractivity contribution in [3.8, 4) is 5.69 Å². The summed E-state index contributed by atoms with van der Waals surface area (Å²) in [5.41, 5.74) is 3.11. The lowest BCUT2D eigenvalue weighted by atomic mass is 9.96. The standard InChI is InChI=1S/C15H14FNO/c1-10-5-6-14(12(16)9-10)17-8-7-11-13(17)3-2-4-15(11)18/h5-9H,2-4H2,1H3. The summed E-state index contributed by atoms with van der Waals surface area (Å²) < 4.78 is 15.8. The third-order valence-corrected chi connectivity index (χ3v) is 3.47. The largest absolute Gasteiger partial charge is 0.318 e. The van der Waals surface area contributed by atoms with Gasteiger partial charge in [-0.2, -0.15) is 0 Å². The fourth-order valence-corrected chi connectivity index (χ4v) is 2.56. The van der Waals surface area contributed by atoms with Crippen molar-refractivity contribution in [3.63, 3.8) is 0 Å². The van der Waals surface area contributed by atoms with Gasteiger partial charge >= 0.3 is 0 Å². The molecule has 0 saturated carbocycles. The number of hydrogen-bond donors (Lipinski definition) is 0. The molecule has 0 unspecified atom stereocenters. The zero-order valence-corrected chi connectivity index (χ0v) is 10.2. The summed E-state index contributed by atoms with van der Waals surface area (Å²) in [5.74, 6) is -0.0751. The first kappa shape index (κ1) is 11.2. The molecule has 0 bridgehead atoms. The van der Waals surface area contributed by atoms with E-state index in [4.69, 9.17) is 0 Å². The highest BCUT2D eigenvalue weighted by atomic mass is 19.1. The van der Waals surface area contributed by atoms with E-state index in [0.29, 0.717) is 12.1 Å². The number of rotatable bonds is 1. The van der Waals surface area contributed by atoms with Gasteiger partial charge in [-0.3, -0.25) is 4.79 Å². The van der Waals surface area contributed by atoms with Gasteiger partial charge in [0.15, 0.2) is 5.78 Å². The van der Waals surface area contributed by atoms with Crippen molar-refractivity contribution in [1.29, 1.82) is 0 Å². The number of ketones is 1. The Morgan fingerprint density at radius 1 is 1.22 bits per heavy atom. The maximum absolute atomic E-state index is 14.0. The van der Waals surface area contributed by atoms with Gasteiger partial charge in [-0.1, -0.05) is 6.07 Å². The van der Waals surface area contributed by atoms with Crippen LogP contribution in [0.15, 0.2) is 30.5 Å². The van der Waals surface area contributed by atoms with Crippen LogP contribution in [0.25, 0.3) is 5.69 Å².